The molecule has 0 bridgehead atoms. The van der Waals surface area contributed by atoms with E-state index in [0.717, 1.165) is 57.8 Å². The van der Waals surface area contributed by atoms with Crippen molar-refractivity contribution in [3.05, 3.63) is 48.6 Å². The van der Waals surface area contributed by atoms with Gasteiger partial charge in [0.1, 0.15) is 6.61 Å². The average molecular weight is 838 g/mol. The second-order valence-corrected chi connectivity index (χ2v) is 17.0. The third-order valence-electron chi connectivity index (χ3n) is 9.92. The summed E-state index contributed by atoms with van der Waals surface area (Å²) in [6.45, 7) is 4.17. The predicted octanol–water partition coefficient (Wildman–Crippen LogP) is 13.8. The highest BCUT2D eigenvalue weighted by molar-refractivity contribution is 7.47. The molecule has 58 heavy (non-hydrogen) atoms. The molecule has 0 rings (SSSR count). The van der Waals surface area contributed by atoms with E-state index in [9.17, 15) is 19.0 Å². The van der Waals surface area contributed by atoms with Crippen LogP contribution in [-0.2, 0) is 32.7 Å². The topological polar surface area (TPSA) is 120 Å². The van der Waals surface area contributed by atoms with Gasteiger partial charge in [-0.1, -0.05) is 165 Å². The molecule has 2 unspecified atom stereocenters. The molecule has 10 heteroatoms. The minimum absolute atomic E-state index is 0.0204. The number of likely N-dealkylation sites (N-methyl/N-ethyl adjacent to an activating group) is 1. The number of hydrogen-bond donors (Lipinski definition) is 2. The third-order valence-corrected chi connectivity index (χ3v) is 10.9. The number of allylic oxidation sites excluding steroid dienone is 8. The van der Waals surface area contributed by atoms with Gasteiger partial charge in [0.05, 0.1) is 13.2 Å². The van der Waals surface area contributed by atoms with Crippen LogP contribution in [0.4, 0.5) is 0 Å². The molecule has 0 fully saturated rings. The number of unbranched alkanes of at least 4 members (excludes halogenated alkanes) is 22. The van der Waals surface area contributed by atoms with Gasteiger partial charge < -0.3 is 19.7 Å². The lowest BCUT2D eigenvalue weighted by Gasteiger charge is -2.20. The summed E-state index contributed by atoms with van der Waals surface area (Å²) in [5.41, 5.74) is 0. The van der Waals surface area contributed by atoms with Gasteiger partial charge in [-0.05, 0) is 84.1 Å². The first-order valence-electron chi connectivity index (χ1n) is 23.6. The lowest BCUT2D eigenvalue weighted by Crippen LogP contribution is -2.29. The minimum Gasteiger partial charge on any atom is -0.462 e. The highest BCUT2D eigenvalue weighted by Gasteiger charge is 2.26. The van der Waals surface area contributed by atoms with E-state index in [0.29, 0.717) is 13.0 Å². The van der Waals surface area contributed by atoms with E-state index in [4.69, 9.17) is 18.5 Å². The Bertz CT molecular complexity index is 1090. The molecule has 0 saturated carbocycles. The van der Waals surface area contributed by atoms with Crippen LogP contribution in [0, 0.1) is 0 Å². The van der Waals surface area contributed by atoms with Crippen LogP contribution in [0.15, 0.2) is 48.6 Å². The van der Waals surface area contributed by atoms with Crippen LogP contribution < -0.4 is 5.32 Å². The van der Waals surface area contributed by atoms with Crippen LogP contribution in [0.25, 0.3) is 0 Å². The van der Waals surface area contributed by atoms with E-state index in [1.54, 1.807) is 7.05 Å². The summed E-state index contributed by atoms with van der Waals surface area (Å²) in [6, 6.07) is 0. The van der Waals surface area contributed by atoms with Crippen molar-refractivity contribution in [3.8, 4) is 0 Å². The Morgan fingerprint density at radius 3 is 1.36 bits per heavy atom. The molecule has 2 N–H and O–H groups in total. The Balaban J connectivity index is 4.18. The fourth-order valence-corrected chi connectivity index (χ4v) is 7.07. The number of carbonyl (C=O) groups is 2. The molecule has 2 atom stereocenters. The lowest BCUT2D eigenvalue weighted by atomic mass is 10.1. The van der Waals surface area contributed by atoms with E-state index < -0.39 is 26.5 Å². The van der Waals surface area contributed by atoms with Crippen molar-refractivity contribution in [2.24, 2.45) is 0 Å². The maximum absolute atomic E-state index is 12.6. The van der Waals surface area contributed by atoms with Crippen LogP contribution in [-0.4, -0.2) is 56.3 Å². The van der Waals surface area contributed by atoms with Crippen molar-refractivity contribution < 1.29 is 37.6 Å². The normalized spacial score (nSPS) is 13.7. The number of nitrogens with one attached hydrogen (secondary N) is 1. The highest BCUT2D eigenvalue weighted by atomic mass is 31.2. The van der Waals surface area contributed by atoms with E-state index in [-0.39, 0.29) is 32.0 Å². The Morgan fingerprint density at radius 2 is 0.931 bits per heavy atom. The smallest absolute Gasteiger partial charge is 0.462 e. The van der Waals surface area contributed by atoms with Crippen molar-refractivity contribution in [2.75, 3.05) is 33.4 Å². The number of phosphoric acid groups is 1. The van der Waals surface area contributed by atoms with Gasteiger partial charge in [-0.3, -0.25) is 18.6 Å². The molecule has 0 spiro atoms. The van der Waals surface area contributed by atoms with E-state index in [1.807, 2.05) is 0 Å². The molecule has 0 aliphatic rings. The molecule has 9 nitrogen and oxygen atoms in total. The zero-order chi connectivity index (χ0) is 42.5. The monoisotopic (exact) mass is 838 g/mol. The van der Waals surface area contributed by atoms with Crippen molar-refractivity contribution in [3.63, 3.8) is 0 Å². The first kappa shape index (κ1) is 56.0. The average Bonchev–Trinajstić information content (AvgIpc) is 3.21. The number of phosphoric ester groups is 1. The van der Waals surface area contributed by atoms with Crippen LogP contribution in [0.5, 0.6) is 0 Å². The first-order valence-corrected chi connectivity index (χ1v) is 25.1. The molecule has 0 aliphatic heterocycles. The van der Waals surface area contributed by atoms with Gasteiger partial charge in [-0.25, -0.2) is 4.57 Å². The molecule has 0 heterocycles. The van der Waals surface area contributed by atoms with Gasteiger partial charge in [-0.2, -0.15) is 0 Å². The highest BCUT2D eigenvalue weighted by Crippen LogP contribution is 2.43. The molecular weight excluding hydrogens is 750 g/mol. The van der Waals surface area contributed by atoms with E-state index in [2.05, 4.69) is 67.8 Å². The van der Waals surface area contributed by atoms with Crippen LogP contribution in [0.2, 0.25) is 0 Å². The van der Waals surface area contributed by atoms with Gasteiger partial charge in [0.15, 0.2) is 6.10 Å². The summed E-state index contributed by atoms with van der Waals surface area (Å²) in [5, 5.41) is 2.83. The van der Waals surface area contributed by atoms with E-state index in [1.165, 1.54) is 116 Å². The number of esters is 2. The number of rotatable bonds is 44. The lowest BCUT2D eigenvalue weighted by molar-refractivity contribution is -0.161. The summed E-state index contributed by atoms with van der Waals surface area (Å²) < 4.78 is 33.3. The molecule has 0 aliphatic carbocycles. The number of ether oxygens (including phenoxy) is 2. The summed E-state index contributed by atoms with van der Waals surface area (Å²) >= 11 is 0. The van der Waals surface area contributed by atoms with Gasteiger partial charge in [0.2, 0.25) is 0 Å². The fourth-order valence-electron chi connectivity index (χ4n) is 6.32. The predicted molar refractivity (Wildman–Crippen MR) is 243 cm³/mol. The van der Waals surface area contributed by atoms with Gasteiger partial charge in [-0.15, -0.1) is 0 Å². The second-order valence-electron chi connectivity index (χ2n) is 15.6. The summed E-state index contributed by atoms with van der Waals surface area (Å²) in [6.07, 6.45) is 50.0. The SMILES string of the molecule is CCCCC/C=C\C/C=C\CCCCCCCCCCCC(=O)OCC(COP(=O)(O)OCCNC)OC(=O)CCCCCCCCC/C=C\C/C=C\CCCCC. The number of hydrogen-bond acceptors (Lipinski definition) is 8. The molecule has 0 amide bonds. The molecule has 0 saturated heterocycles. The van der Waals surface area contributed by atoms with Gasteiger partial charge in [0.25, 0.3) is 0 Å². The number of carbonyl (C=O) groups excluding carboxylic acids is 2. The van der Waals surface area contributed by atoms with Crippen molar-refractivity contribution in [2.45, 2.75) is 213 Å². The minimum atomic E-state index is -4.36. The molecule has 0 radical (unpaired) electrons. The molecule has 0 aromatic heterocycles. The third kappa shape index (κ3) is 43.5. The van der Waals surface area contributed by atoms with E-state index >= 15 is 0 Å². The maximum Gasteiger partial charge on any atom is 0.472 e. The Kier molecular flexibility index (Phi) is 43.0. The van der Waals surface area contributed by atoms with Crippen molar-refractivity contribution >= 4 is 19.8 Å². The Morgan fingerprint density at radius 1 is 0.534 bits per heavy atom. The summed E-state index contributed by atoms with van der Waals surface area (Å²) in [7, 11) is -2.66. The summed E-state index contributed by atoms with van der Waals surface area (Å²) in [4.78, 5) is 35.2. The van der Waals surface area contributed by atoms with Crippen molar-refractivity contribution in [1.29, 1.82) is 0 Å². The fraction of sp³-hybridized carbons (Fsp3) is 0.792. The molecule has 338 valence electrons. The van der Waals surface area contributed by atoms with Crippen molar-refractivity contribution in [1.82, 2.24) is 5.32 Å². The van der Waals surface area contributed by atoms with Gasteiger partial charge in [0, 0.05) is 19.4 Å². The van der Waals surface area contributed by atoms with Crippen LogP contribution >= 0.6 is 7.82 Å². The summed E-state index contributed by atoms with van der Waals surface area (Å²) in [5.74, 6) is -0.818. The van der Waals surface area contributed by atoms with Crippen LogP contribution in [0.3, 0.4) is 0 Å². The standard InChI is InChI=1S/C48H88NO8P/c1-4-6-8-10-12-14-16-18-20-22-23-25-26-28-30-32-34-36-38-40-47(50)54-44-46(45-56-58(52,53)55-43-42-49-3)57-48(51)41-39-37-35-33-31-29-27-24-21-19-17-15-13-11-9-7-5-2/h12-15,18-21,46,49H,4-11,16-17,22-45H2,1-3H3,(H,52,53)/b14-12-,15-13-,20-18-,21-19-. The maximum atomic E-state index is 12.6. The quantitative estimate of drug-likeness (QED) is 0.0267. The Hall–Kier alpha value is -2.03. The largest absolute Gasteiger partial charge is 0.472 e. The molecule has 0 aromatic carbocycles. The second kappa shape index (κ2) is 44.5. The zero-order valence-electron chi connectivity index (χ0n) is 37.5. The zero-order valence-corrected chi connectivity index (χ0v) is 38.4. The van der Waals surface area contributed by atoms with Gasteiger partial charge >= 0.3 is 19.8 Å². The Labute approximate surface area is 356 Å². The molecular formula is C48H88NO8P. The molecule has 0 aromatic rings. The van der Waals surface area contributed by atoms with Crippen LogP contribution in [0.1, 0.15) is 206 Å². The first-order chi connectivity index (χ1) is 28.3.